The van der Waals surface area contributed by atoms with Gasteiger partial charge >= 0.3 is 12.1 Å². The topological polar surface area (TPSA) is 74.7 Å². The molecule has 0 fully saturated rings. The Balaban J connectivity index is 4.25. The summed E-state index contributed by atoms with van der Waals surface area (Å²) in [7, 11) is -2.94. The monoisotopic (exact) mass is 263 g/mol. The molecule has 0 aliphatic carbocycles. The standard InChI is InChI=1S/C7H12F3NO4S/c1-11(4-3-7(8,9)10)16(14,15)5-2-6(12)13/h2-5H2,1H3,(H,12,13). The Kier molecular flexibility index (Phi) is 5.20. The maximum absolute atomic E-state index is 11.8. The summed E-state index contributed by atoms with van der Waals surface area (Å²) < 4.78 is 58.4. The maximum Gasteiger partial charge on any atom is 0.390 e. The fourth-order valence-electron chi connectivity index (χ4n) is 0.795. The van der Waals surface area contributed by atoms with Crippen LogP contribution in [0.5, 0.6) is 0 Å². The highest BCUT2D eigenvalue weighted by molar-refractivity contribution is 7.89. The summed E-state index contributed by atoms with van der Waals surface area (Å²) in [6.07, 6.45) is -6.31. The zero-order valence-corrected chi connectivity index (χ0v) is 9.31. The van der Waals surface area contributed by atoms with Gasteiger partial charge in [0.1, 0.15) is 0 Å². The lowest BCUT2D eigenvalue weighted by atomic mass is 10.4. The number of nitrogens with zero attached hydrogens (tertiary/aromatic N) is 1. The molecule has 0 saturated heterocycles. The van der Waals surface area contributed by atoms with Crippen molar-refractivity contribution in [3.63, 3.8) is 0 Å². The number of carboxylic acids is 1. The molecule has 9 heteroatoms. The van der Waals surface area contributed by atoms with E-state index in [-0.39, 0.29) is 0 Å². The molecule has 0 aliphatic heterocycles. The lowest BCUT2D eigenvalue weighted by Crippen LogP contribution is -2.33. The Morgan fingerprint density at radius 1 is 1.38 bits per heavy atom. The van der Waals surface area contributed by atoms with Gasteiger partial charge in [-0.15, -0.1) is 0 Å². The number of sulfonamides is 1. The maximum atomic E-state index is 11.8. The van der Waals surface area contributed by atoms with Crippen LogP contribution < -0.4 is 0 Å². The van der Waals surface area contributed by atoms with Crippen LogP contribution in [-0.2, 0) is 14.8 Å². The third kappa shape index (κ3) is 6.62. The van der Waals surface area contributed by atoms with Crippen molar-refractivity contribution in [2.45, 2.75) is 19.0 Å². The predicted molar refractivity (Wildman–Crippen MR) is 49.3 cm³/mol. The van der Waals surface area contributed by atoms with Gasteiger partial charge in [-0.25, -0.2) is 12.7 Å². The number of hydrogen-bond acceptors (Lipinski definition) is 3. The summed E-state index contributed by atoms with van der Waals surface area (Å²) in [5, 5.41) is 8.25. The number of aliphatic carboxylic acids is 1. The number of alkyl halides is 3. The summed E-state index contributed by atoms with van der Waals surface area (Å²) in [5.41, 5.74) is 0. The van der Waals surface area contributed by atoms with Crippen LogP contribution in [0.1, 0.15) is 12.8 Å². The normalized spacial score (nSPS) is 13.1. The van der Waals surface area contributed by atoms with Crippen LogP contribution in [-0.4, -0.2) is 49.3 Å². The zero-order chi connectivity index (χ0) is 13.0. The molecule has 0 atom stereocenters. The number of hydrogen-bond donors (Lipinski definition) is 1. The van der Waals surface area contributed by atoms with E-state index in [9.17, 15) is 26.4 Å². The van der Waals surface area contributed by atoms with Gasteiger partial charge in [-0.05, 0) is 0 Å². The second kappa shape index (κ2) is 5.48. The molecule has 1 N–H and O–H groups in total. The van der Waals surface area contributed by atoms with E-state index in [1.807, 2.05) is 0 Å². The molecule has 0 unspecified atom stereocenters. The van der Waals surface area contributed by atoms with Gasteiger partial charge in [-0.3, -0.25) is 4.79 Å². The average molecular weight is 263 g/mol. The molecule has 0 amide bonds. The molecule has 0 bridgehead atoms. The SMILES string of the molecule is CN(CCC(F)(F)F)S(=O)(=O)CCC(=O)O. The van der Waals surface area contributed by atoms with E-state index < -0.39 is 47.3 Å². The van der Waals surface area contributed by atoms with Crippen molar-refractivity contribution in [3.05, 3.63) is 0 Å². The second-order valence-electron chi connectivity index (χ2n) is 3.15. The van der Waals surface area contributed by atoms with Crippen LogP contribution in [0.25, 0.3) is 0 Å². The van der Waals surface area contributed by atoms with E-state index in [1.165, 1.54) is 0 Å². The van der Waals surface area contributed by atoms with Gasteiger partial charge in [0.05, 0.1) is 18.6 Å². The van der Waals surface area contributed by atoms with Gasteiger partial charge < -0.3 is 5.11 Å². The molecule has 0 aromatic carbocycles. The molecule has 0 rings (SSSR count). The van der Waals surface area contributed by atoms with E-state index in [0.717, 1.165) is 7.05 Å². The molecule has 0 saturated carbocycles. The van der Waals surface area contributed by atoms with Gasteiger partial charge in [-0.2, -0.15) is 13.2 Å². The Labute approximate surface area is 90.9 Å². The average Bonchev–Trinajstić information content (AvgIpc) is 2.09. The van der Waals surface area contributed by atoms with Gasteiger partial charge in [0.2, 0.25) is 10.0 Å². The minimum absolute atomic E-state index is 0.517. The van der Waals surface area contributed by atoms with E-state index in [2.05, 4.69) is 0 Å². The van der Waals surface area contributed by atoms with Crippen molar-refractivity contribution in [3.8, 4) is 0 Å². The summed E-state index contributed by atoms with van der Waals surface area (Å²) in [5.74, 6) is -2.01. The molecule has 0 aliphatic rings. The third-order valence-corrected chi connectivity index (χ3v) is 3.61. The Bertz CT molecular complexity index is 338. The smallest absolute Gasteiger partial charge is 0.390 e. The van der Waals surface area contributed by atoms with Gasteiger partial charge in [-0.1, -0.05) is 0 Å². The Morgan fingerprint density at radius 2 is 1.88 bits per heavy atom. The van der Waals surface area contributed by atoms with Crippen LogP contribution in [0.15, 0.2) is 0 Å². The van der Waals surface area contributed by atoms with Crippen LogP contribution in [0, 0.1) is 0 Å². The molecule has 0 spiro atoms. The first-order chi connectivity index (χ1) is 7.04. The lowest BCUT2D eigenvalue weighted by Gasteiger charge is -2.17. The molecule has 0 heterocycles. The molecular formula is C7H12F3NO4S. The van der Waals surface area contributed by atoms with Crippen molar-refractivity contribution in [2.75, 3.05) is 19.3 Å². The summed E-state index contributed by atoms with van der Waals surface area (Å²) in [6, 6.07) is 0. The lowest BCUT2D eigenvalue weighted by molar-refractivity contribution is -0.137. The van der Waals surface area contributed by atoms with Crippen molar-refractivity contribution < 1.29 is 31.5 Å². The first-order valence-corrected chi connectivity index (χ1v) is 5.88. The van der Waals surface area contributed by atoms with Gasteiger partial charge in [0, 0.05) is 13.6 Å². The predicted octanol–water partition coefficient (Wildman–Crippen LogP) is 0.675. The molecule has 96 valence electrons. The van der Waals surface area contributed by atoms with Crippen molar-refractivity contribution in [2.24, 2.45) is 0 Å². The largest absolute Gasteiger partial charge is 0.481 e. The highest BCUT2D eigenvalue weighted by Gasteiger charge is 2.29. The second-order valence-corrected chi connectivity index (χ2v) is 5.34. The van der Waals surface area contributed by atoms with Crippen LogP contribution >= 0.6 is 0 Å². The fourth-order valence-corrected chi connectivity index (χ4v) is 1.91. The molecule has 0 aromatic heterocycles. The van der Waals surface area contributed by atoms with Gasteiger partial charge in [0.15, 0.2) is 0 Å². The van der Waals surface area contributed by atoms with Crippen molar-refractivity contribution >= 4 is 16.0 Å². The Hall–Kier alpha value is -0.830. The Morgan fingerprint density at radius 3 is 2.25 bits per heavy atom. The number of halogens is 3. The minimum atomic E-state index is -4.43. The summed E-state index contributed by atoms with van der Waals surface area (Å²) in [4.78, 5) is 10.1. The van der Waals surface area contributed by atoms with Crippen molar-refractivity contribution in [1.82, 2.24) is 4.31 Å². The highest BCUT2D eigenvalue weighted by Crippen LogP contribution is 2.20. The molecule has 5 nitrogen and oxygen atoms in total. The molecular weight excluding hydrogens is 251 g/mol. The van der Waals surface area contributed by atoms with Crippen LogP contribution in [0.4, 0.5) is 13.2 Å². The molecule has 0 aromatic rings. The fraction of sp³-hybridized carbons (Fsp3) is 0.857. The van der Waals surface area contributed by atoms with E-state index >= 15 is 0 Å². The number of carboxylic acid groups (broad SMARTS) is 1. The molecule has 0 radical (unpaired) electrons. The molecule has 16 heavy (non-hydrogen) atoms. The summed E-state index contributed by atoms with van der Waals surface area (Å²) in [6.45, 7) is -0.703. The third-order valence-electron chi connectivity index (χ3n) is 1.76. The van der Waals surface area contributed by atoms with Crippen molar-refractivity contribution in [1.29, 1.82) is 0 Å². The zero-order valence-electron chi connectivity index (χ0n) is 8.49. The van der Waals surface area contributed by atoms with Crippen LogP contribution in [0.2, 0.25) is 0 Å². The number of rotatable bonds is 6. The summed E-state index contributed by atoms with van der Waals surface area (Å²) >= 11 is 0. The number of carbonyl (C=O) groups is 1. The van der Waals surface area contributed by atoms with E-state index in [4.69, 9.17) is 5.11 Å². The first-order valence-electron chi connectivity index (χ1n) is 4.27. The van der Waals surface area contributed by atoms with E-state index in [0.29, 0.717) is 4.31 Å². The quantitative estimate of drug-likeness (QED) is 0.764. The van der Waals surface area contributed by atoms with Crippen LogP contribution in [0.3, 0.4) is 0 Å². The van der Waals surface area contributed by atoms with Gasteiger partial charge in [0.25, 0.3) is 0 Å². The first kappa shape index (κ1) is 15.2. The highest BCUT2D eigenvalue weighted by atomic mass is 32.2. The van der Waals surface area contributed by atoms with E-state index in [1.54, 1.807) is 0 Å². The minimum Gasteiger partial charge on any atom is -0.481 e.